The van der Waals surface area contributed by atoms with E-state index in [4.69, 9.17) is 28.9 Å². The molecule has 2 N–H and O–H groups in total. The fourth-order valence-corrected chi connectivity index (χ4v) is 1.41. The highest BCUT2D eigenvalue weighted by Gasteiger charge is 2.07. The van der Waals surface area contributed by atoms with Crippen molar-refractivity contribution in [1.29, 1.82) is 0 Å². The molecule has 0 aromatic heterocycles. The molecular formula is C9H9Cl2FN2. The van der Waals surface area contributed by atoms with Crippen molar-refractivity contribution >= 4 is 34.7 Å². The Bertz CT molecular complexity index is 354. The van der Waals surface area contributed by atoms with Crippen LogP contribution in [0.5, 0.6) is 0 Å². The van der Waals surface area contributed by atoms with Crippen LogP contribution in [-0.4, -0.2) is 5.84 Å². The van der Waals surface area contributed by atoms with Crippen LogP contribution in [0.2, 0.25) is 10.0 Å². The summed E-state index contributed by atoms with van der Waals surface area (Å²) in [6.07, 6.45) is 0.587. The van der Waals surface area contributed by atoms with E-state index in [9.17, 15) is 4.39 Å². The zero-order chi connectivity index (χ0) is 10.7. The lowest BCUT2D eigenvalue weighted by atomic mass is 10.3. The van der Waals surface area contributed by atoms with Crippen molar-refractivity contribution in [2.45, 2.75) is 13.3 Å². The number of rotatable bonds is 2. The van der Waals surface area contributed by atoms with Crippen LogP contribution in [0.3, 0.4) is 0 Å². The second-order valence-electron chi connectivity index (χ2n) is 2.67. The summed E-state index contributed by atoms with van der Waals surface area (Å²) in [6.45, 7) is 1.85. The second kappa shape index (κ2) is 4.62. The Morgan fingerprint density at radius 1 is 1.43 bits per heavy atom. The lowest BCUT2D eigenvalue weighted by Gasteiger charge is -2.03. The molecule has 0 aliphatic carbocycles. The van der Waals surface area contributed by atoms with E-state index in [2.05, 4.69) is 4.99 Å². The summed E-state index contributed by atoms with van der Waals surface area (Å²) in [4.78, 5) is 3.98. The van der Waals surface area contributed by atoms with Crippen molar-refractivity contribution in [3.63, 3.8) is 0 Å². The standard InChI is InChI=1S/C9H9Cl2FN2/c1-2-8(13)14-9-6(10)3-5(12)4-7(9)11/h3-4H,2H2,1H3,(H2,13,14). The molecule has 14 heavy (non-hydrogen) atoms. The minimum Gasteiger partial charge on any atom is -0.387 e. The van der Waals surface area contributed by atoms with Gasteiger partial charge in [-0.25, -0.2) is 9.38 Å². The molecule has 0 heterocycles. The first-order valence-electron chi connectivity index (χ1n) is 4.02. The van der Waals surface area contributed by atoms with Crippen LogP contribution >= 0.6 is 23.2 Å². The predicted octanol–water partition coefficient (Wildman–Crippen LogP) is 3.53. The van der Waals surface area contributed by atoms with E-state index in [0.29, 0.717) is 17.9 Å². The van der Waals surface area contributed by atoms with Gasteiger partial charge in [-0.2, -0.15) is 0 Å². The highest BCUT2D eigenvalue weighted by Crippen LogP contribution is 2.33. The zero-order valence-electron chi connectivity index (χ0n) is 7.52. The normalized spacial score (nSPS) is 11.9. The summed E-state index contributed by atoms with van der Waals surface area (Å²) in [5.74, 6) is -0.0885. The molecule has 0 radical (unpaired) electrons. The molecule has 0 unspecified atom stereocenters. The fraction of sp³-hybridized carbons (Fsp3) is 0.222. The van der Waals surface area contributed by atoms with Crippen molar-refractivity contribution in [3.8, 4) is 0 Å². The van der Waals surface area contributed by atoms with Crippen molar-refractivity contribution in [2.75, 3.05) is 0 Å². The molecule has 0 atom stereocenters. The Morgan fingerprint density at radius 3 is 2.36 bits per heavy atom. The number of nitrogens with zero attached hydrogens (tertiary/aromatic N) is 1. The zero-order valence-corrected chi connectivity index (χ0v) is 9.03. The van der Waals surface area contributed by atoms with Gasteiger partial charge in [-0.1, -0.05) is 30.1 Å². The molecule has 1 aromatic rings. The molecule has 0 saturated carbocycles. The molecule has 5 heteroatoms. The molecule has 0 aliphatic heterocycles. The van der Waals surface area contributed by atoms with E-state index in [-0.39, 0.29) is 10.0 Å². The number of nitrogens with two attached hydrogens (primary N) is 1. The van der Waals surface area contributed by atoms with Crippen molar-refractivity contribution in [2.24, 2.45) is 10.7 Å². The largest absolute Gasteiger partial charge is 0.387 e. The maximum Gasteiger partial charge on any atom is 0.126 e. The molecular weight excluding hydrogens is 226 g/mol. The first-order chi connectivity index (χ1) is 6.54. The van der Waals surface area contributed by atoms with Crippen molar-refractivity contribution in [3.05, 3.63) is 28.0 Å². The first kappa shape index (κ1) is 11.3. The second-order valence-corrected chi connectivity index (χ2v) is 3.49. The van der Waals surface area contributed by atoms with Gasteiger partial charge < -0.3 is 5.73 Å². The van der Waals surface area contributed by atoms with Crippen LogP contribution in [0.1, 0.15) is 13.3 Å². The van der Waals surface area contributed by atoms with E-state index < -0.39 is 5.82 Å². The third-order valence-electron chi connectivity index (χ3n) is 1.60. The SMILES string of the molecule is CCC(N)=Nc1c(Cl)cc(F)cc1Cl. The van der Waals surface area contributed by atoms with E-state index in [0.717, 1.165) is 12.1 Å². The van der Waals surface area contributed by atoms with E-state index in [1.54, 1.807) is 0 Å². The molecule has 0 aliphatic rings. The summed E-state index contributed by atoms with van der Waals surface area (Å²) < 4.78 is 12.8. The quantitative estimate of drug-likeness (QED) is 0.617. The van der Waals surface area contributed by atoms with E-state index in [1.807, 2.05) is 6.92 Å². The molecule has 2 nitrogen and oxygen atoms in total. The van der Waals surface area contributed by atoms with Crippen LogP contribution in [0.15, 0.2) is 17.1 Å². The Labute approximate surface area is 91.5 Å². The third kappa shape index (κ3) is 2.59. The summed E-state index contributed by atoms with van der Waals surface area (Å²) in [5.41, 5.74) is 5.83. The number of aliphatic imine (C=N–C) groups is 1. The van der Waals surface area contributed by atoms with Gasteiger partial charge in [-0.3, -0.25) is 0 Å². The van der Waals surface area contributed by atoms with Crippen molar-refractivity contribution in [1.82, 2.24) is 0 Å². The van der Waals surface area contributed by atoms with Gasteiger partial charge in [0.05, 0.1) is 15.9 Å². The van der Waals surface area contributed by atoms with E-state index >= 15 is 0 Å². The molecule has 0 spiro atoms. The van der Waals surface area contributed by atoms with Gasteiger partial charge in [0.15, 0.2) is 0 Å². The third-order valence-corrected chi connectivity index (χ3v) is 2.18. The van der Waals surface area contributed by atoms with Gasteiger partial charge in [-0.15, -0.1) is 0 Å². The number of hydrogen-bond acceptors (Lipinski definition) is 1. The molecule has 0 fully saturated rings. The summed E-state index contributed by atoms with van der Waals surface area (Å²) >= 11 is 11.5. The van der Waals surface area contributed by atoms with E-state index in [1.165, 1.54) is 0 Å². The van der Waals surface area contributed by atoms with Gasteiger partial charge in [0.2, 0.25) is 0 Å². The monoisotopic (exact) mass is 234 g/mol. The molecule has 1 aromatic carbocycles. The van der Waals surface area contributed by atoms with Gasteiger partial charge >= 0.3 is 0 Å². The molecule has 0 bridgehead atoms. The Hall–Kier alpha value is -0.800. The Kier molecular flexibility index (Phi) is 3.72. The number of benzene rings is 1. The minimum absolute atomic E-state index is 0.159. The number of amidine groups is 1. The average molecular weight is 235 g/mol. The smallest absolute Gasteiger partial charge is 0.126 e. The molecule has 0 saturated heterocycles. The summed E-state index contributed by atoms with van der Waals surface area (Å²) in [7, 11) is 0. The lowest BCUT2D eigenvalue weighted by Crippen LogP contribution is -2.08. The van der Waals surface area contributed by atoms with Crippen LogP contribution in [0.4, 0.5) is 10.1 Å². The van der Waals surface area contributed by atoms with Gasteiger partial charge in [0.25, 0.3) is 0 Å². The van der Waals surface area contributed by atoms with Crippen LogP contribution < -0.4 is 5.73 Å². The predicted molar refractivity (Wildman–Crippen MR) is 58.0 cm³/mol. The van der Waals surface area contributed by atoms with Crippen molar-refractivity contribution < 1.29 is 4.39 Å². The topological polar surface area (TPSA) is 38.4 Å². The molecule has 76 valence electrons. The summed E-state index contributed by atoms with van der Waals surface area (Å²) in [5, 5.41) is 0.317. The molecule has 0 amide bonds. The van der Waals surface area contributed by atoms with Gasteiger partial charge in [0.1, 0.15) is 11.5 Å². The highest BCUT2D eigenvalue weighted by atomic mass is 35.5. The number of halogens is 3. The van der Waals surface area contributed by atoms with Crippen LogP contribution in [0.25, 0.3) is 0 Å². The molecule has 1 rings (SSSR count). The fourth-order valence-electron chi connectivity index (χ4n) is 0.864. The Morgan fingerprint density at radius 2 is 1.93 bits per heavy atom. The minimum atomic E-state index is -0.492. The van der Waals surface area contributed by atoms with Gasteiger partial charge in [0, 0.05) is 6.42 Å². The first-order valence-corrected chi connectivity index (χ1v) is 4.77. The van der Waals surface area contributed by atoms with Crippen LogP contribution in [-0.2, 0) is 0 Å². The van der Waals surface area contributed by atoms with Crippen LogP contribution in [0, 0.1) is 5.82 Å². The highest BCUT2D eigenvalue weighted by molar-refractivity contribution is 6.38. The maximum atomic E-state index is 12.8. The summed E-state index contributed by atoms with van der Waals surface area (Å²) in [6, 6.07) is 2.30. The Balaban J connectivity index is 3.21. The maximum absolute atomic E-state index is 12.8. The number of hydrogen-bond donors (Lipinski definition) is 1. The average Bonchev–Trinajstić information content (AvgIpc) is 2.10. The van der Waals surface area contributed by atoms with Gasteiger partial charge in [-0.05, 0) is 12.1 Å². The lowest BCUT2D eigenvalue weighted by molar-refractivity contribution is 0.628.